The number of thiophene rings is 1. The van der Waals surface area contributed by atoms with Gasteiger partial charge in [0.25, 0.3) is 0 Å². The first-order valence-corrected chi connectivity index (χ1v) is 9.45. The smallest absolute Gasteiger partial charge is 0.225 e. The number of hydrogen-bond acceptors (Lipinski definition) is 5. The second-order valence-electron chi connectivity index (χ2n) is 6.10. The molecule has 0 amide bonds. The molecule has 24 heavy (non-hydrogen) atoms. The van der Waals surface area contributed by atoms with Crippen LogP contribution in [0.1, 0.15) is 12.0 Å². The molecule has 3 heterocycles. The fourth-order valence-corrected chi connectivity index (χ4v) is 4.29. The van der Waals surface area contributed by atoms with Crippen LogP contribution in [-0.2, 0) is 0 Å². The highest BCUT2D eigenvalue weighted by atomic mass is 35.5. The van der Waals surface area contributed by atoms with Gasteiger partial charge < -0.3 is 10.2 Å². The van der Waals surface area contributed by atoms with Crippen molar-refractivity contribution in [3.63, 3.8) is 0 Å². The molecule has 0 radical (unpaired) electrons. The molecule has 6 heteroatoms. The maximum absolute atomic E-state index is 6.20. The van der Waals surface area contributed by atoms with E-state index >= 15 is 0 Å². The summed E-state index contributed by atoms with van der Waals surface area (Å²) >= 11 is 7.83. The number of nitrogens with zero attached hydrogens (tertiary/aromatic N) is 3. The van der Waals surface area contributed by atoms with Crippen LogP contribution in [0.3, 0.4) is 0 Å². The van der Waals surface area contributed by atoms with Crippen molar-refractivity contribution in [3.8, 4) is 11.1 Å². The Hall–Kier alpha value is -1.69. The van der Waals surface area contributed by atoms with Gasteiger partial charge in [-0.3, -0.25) is 0 Å². The highest BCUT2D eigenvalue weighted by molar-refractivity contribution is 7.17. The predicted molar refractivity (Wildman–Crippen MR) is 102 cm³/mol. The average molecular weight is 359 g/mol. The van der Waals surface area contributed by atoms with Gasteiger partial charge in [-0.2, -0.15) is 4.98 Å². The van der Waals surface area contributed by atoms with Crippen LogP contribution in [0.4, 0.5) is 5.82 Å². The topological polar surface area (TPSA) is 41.1 Å². The molecule has 0 saturated carbocycles. The second kappa shape index (κ2) is 6.67. The molecule has 3 aromatic rings. The molecule has 1 aliphatic heterocycles. The van der Waals surface area contributed by atoms with E-state index in [2.05, 4.69) is 56.8 Å². The van der Waals surface area contributed by atoms with Crippen LogP contribution < -0.4 is 10.2 Å². The minimum atomic E-state index is 0.326. The van der Waals surface area contributed by atoms with Crippen molar-refractivity contribution >= 4 is 39.0 Å². The minimum absolute atomic E-state index is 0.326. The van der Waals surface area contributed by atoms with Crippen LogP contribution in [0.15, 0.2) is 29.6 Å². The normalized spacial score (nSPS) is 15.7. The third-order valence-corrected chi connectivity index (χ3v) is 5.43. The van der Waals surface area contributed by atoms with E-state index in [0.29, 0.717) is 5.28 Å². The molecule has 4 rings (SSSR count). The lowest BCUT2D eigenvalue weighted by Crippen LogP contribution is -2.28. The van der Waals surface area contributed by atoms with E-state index in [1.165, 1.54) is 16.7 Å². The average Bonchev–Trinajstić information content (AvgIpc) is 2.81. The maximum Gasteiger partial charge on any atom is 0.225 e. The summed E-state index contributed by atoms with van der Waals surface area (Å²) < 4.78 is 0. The molecule has 2 aromatic heterocycles. The van der Waals surface area contributed by atoms with Crippen molar-refractivity contribution < 1.29 is 0 Å². The van der Waals surface area contributed by atoms with Gasteiger partial charge in [0, 0.05) is 30.6 Å². The van der Waals surface area contributed by atoms with Crippen molar-refractivity contribution in [2.24, 2.45) is 0 Å². The number of aryl methyl sites for hydroxylation is 1. The molecule has 1 fully saturated rings. The number of fused-ring (bicyclic) bond motifs is 1. The lowest BCUT2D eigenvalue weighted by Gasteiger charge is -2.22. The van der Waals surface area contributed by atoms with Gasteiger partial charge in [0.2, 0.25) is 5.28 Å². The Kier molecular flexibility index (Phi) is 4.39. The number of halogens is 1. The monoisotopic (exact) mass is 358 g/mol. The lowest BCUT2D eigenvalue weighted by atomic mass is 10.0. The molecule has 0 aliphatic carbocycles. The Bertz CT molecular complexity index is 851. The molecular weight excluding hydrogens is 340 g/mol. The molecule has 1 aliphatic rings. The fourth-order valence-electron chi connectivity index (χ4n) is 3.13. The van der Waals surface area contributed by atoms with Crippen molar-refractivity contribution in [3.05, 3.63) is 40.5 Å². The summed E-state index contributed by atoms with van der Waals surface area (Å²) in [7, 11) is 0. The van der Waals surface area contributed by atoms with Gasteiger partial charge in [-0.05, 0) is 37.1 Å². The molecular formula is C18H19ClN4S. The van der Waals surface area contributed by atoms with Gasteiger partial charge in [0.15, 0.2) is 0 Å². The highest BCUT2D eigenvalue weighted by Gasteiger charge is 2.20. The number of benzene rings is 1. The summed E-state index contributed by atoms with van der Waals surface area (Å²) in [4.78, 5) is 12.3. The van der Waals surface area contributed by atoms with Crippen LogP contribution in [0.25, 0.3) is 21.3 Å². The largest absolute Gasteiger partial charge is 0.355 e. The van der Waals surface area contributed by atoms with Crippen LogP contribution in [-0.4, -0.2) is 36.1 Å². The predicted octanol–water partition coefficient (Wildman–Crippen LogP) is 4.12. The van der Waals surface area contributed by atoms with Crippen molar-refractivity contribution in [1.82, 2.24) is 15.3 Å². The van der Waals surface area contributed by atoms with Gasteiger partial charge in [0.1, 0.15) is 10.6 Å². The first kappa shape index (κ1) is 15.8. The van der Waals surface area contributed by atoms with Crippen LogP contribution in [0, 0.1) is 6.92 Å². The van der Waals surface area contributed by atoms with E-state index in [1.54, 1.807) is 11.3 Å². The first-order chi connectivity index (χ1) is 11.7. The van der Waals surface area contributed by atoms with Crippen molar-refractivity contribution in [1.29, 1.82) is 0 Å². The number of nitrogens with one attached hydrogen (secondary N) is 1. The molecule has 4 nitrogen and oxygen atoms in total. The minimum Gasteiger partial charge on any atom is -0.355 e. The van der Waals surface area contributed by atoms with Crippen LogP contribution in [0.2, 0.25) is 5.28 Å². The van der Waals surface area contributed by atoms with E-state index < -0.39 is 0 Å². The van der Waals surface area contributed by atoms with E-state index in [4.69, 9.17) is 11.6 Å². The molecule has 1 saturated heterocycles. The van der Waals surface area contributed by atoms with Gasteiger partial charge in [-0.15, -0.1) is 11.3 Å². The van der Waals surface area contributed by atoms with E-state index in [-0.39, 0.29) is 0 Å². The molecule has 0 spiro atoms. The molecule has 0 bridgehead atoms. The van der Waals surface area contributed by atoms with Gasteiger partial charge in [-0.25, -0.2) is 4.98 Å². The van der Waals surface area contributed by atoms with E-state index in [0.717, 1.165) is 48.6 Å². The van der Waals surface area contributed by atoms with E-state index in [9.17, 15) is 0 Å². The number of anilines is 1. The summed E-state index contributed by atoms with van der Waals surface area (Å²) in [6, 6.07) is 8.62. The quantitative estimate of drug-likeness (QED) is 0.699. The van der Waals surface area contributed by atoms with E-state index in [1.807, 2.05) is 0 Å². The molecule has 0 atom stereocenters. The number of rotatable bonds is 2. The third kappa shape index (κ3) is 2.99. The van der Waals surface area contributed by atoms with Crippen molar-refractivity contribution in [2.45, 2.75) is 13.3 Å². The molecule has 0 unspecified atom stereocenters. The van der Waals surface area contributed by atoms with Gasteiger partial charge in [0.05, 0.1) is 5.39 Å². The summed E-state index contributed by atoms with van der Waals surface area (Å²) in [5.41, 5.74) is 3.65. The summed E-state index contributed by atoms with van der Waals surface area (Å²) in [6.07, 6.45) is 1.10. The lowest BCUT2D eigenvalue weighted by molar-refractivity contribution is 0.724. The molecule has 1 N–H and O–H groups in total. The zero-order valence-electron chi connectivity index (χ0n) is 13.6. The standard InChI is InChI=1S/C18H19ClN4S/c1-12-3-5-13(6-4-12)14-11-24-17-15(14)16(21-18(19)22-17)23-9-2-7-20-8-10-23/h3-6,11,20H,2,7-10H2,1H3. The Morgan fingerprint density at radius 2 is 1.96 bits per heavy atom. The highest BCUT2D eigenvalue weighted by Crippen LogP contribution is 2.39. The zero-order valence-corrected chi connectivity index (χ0v) is 15.1. The van der Waals surface area contributed by atoms with Gasteiger partial charge >= 0.3 is 0 Å². The van der Waals surface area contributed by atoms with Gasteiger partial charge in [-0.1, -0.05) is 29.8 Å². The summed E-state index contributed by atoms with van der Waals surface area (Å²) in [5, 5.41) is 7.05. The Labute approximate surface area is 150 Å². The zero-order chi connectivity index (χ0) is 16.5. The second-order valence-corrected chi connectivity index (χ2v) is 7.30. The summed E-state index contributed by atoms with van der Waals surface area (Å²) in [6.45, 7) is 6.04. The first-order valence-electron chi connectivity index (χ1n) is 8.20. The number of aromatic nitrogens is 2. The maximum atomic E-state index is 6.20. The fraction of sp³-hybridized carbons (Fsp3) is 0.333. The molecule has 1 aromatic carbocycles. The Balaban J connectivity index is 1.88. The van der Waals surface area contributed by atoms with Crippen molar-refractivity contribution in [2.75, 3.05) is 31.1 Å². The van der Waals surface area contributed by atoms with Crippen LogP contribution in [0.5, 0.6) is 0 Å². The molecule has 124 valence electrons. The number of hydrogen-bond donors (Lipinski definition) is 1. The third-order valence-electron chi connectivity index (χ3n) is 4.39. The Morgan fingerprint density at radius 1 is 1.12 bits per heavy atom. The van der Waals surface area contributed by atoms with Crippen LogP contribution >= 0.6 is 22.9 Å². The Morgan fingerprint density at radius 3 is 2.79 bits per heavy atom. The SMILES string of the molecule is Cc1ccc(-c2csc3nc(Cl)nc(N4CCCNCC4)c23)cc1. The summed E-state index contributed by atoms with van der Waals surface area (Å²) in [5.74, 6) is 0.963.